The Morgan fingerprint density at radius 1 is 0.900 bits per heavy atom. The van der Waals surface area contributed by atoms with Crippen molar-refractivity contribution in [1.82, 2.24) is 14.8 Å². The minimum atomic E-state index is 0.0805. The van der Waals surface area contributed by atoms with Crippen molar-refractivity contribution < 1.29 is 4.79 Å². The predicted molar refractivity (Wildman–Crippen MR) is 121 cm³/mol. The highest BCUT2D eigenvalue weighted by atomic mass is 16.2. The monoisotopic (exact) mass is 400 g/mol. The molecule has 1 aromatic heterocycles. The van der Waals surface area contributed by atoms with E-state index in [1.807, 2.05) is 18.2 Å². The lowest BCUT2D eigenvalue weighted by Crippen LogP contribution is -2.48. The molecule has 1 fully saturated rings. The van der Waals surface area contributed by atoms with Gasteiger partial charge in [0, 0.05) is 43.8 Å². The molecule has 1 aliphatic heterocycles. The number of pyridine rings is 1. The minimum absolute atomic E-state index is 0.0805. The minimum Gasteiger partial charge on any atom is -0.324 e. The molecule has 0 spiro atoms. The SMILES string of the molecule is O=C(CN1CCN(Cc2ccccc2)CC1)Nc1c2c(nc3ccccc13)CCC2. The van der Waals surface area contributed by atoms with Crippen LogP contribution in [0.25, 0.3) is 10.9 Å². The number of para-hydroxylation sites is 1. The normalized spacial score (nSPS) is 17.2. The zero-order valence-corrected chi connectivity index (χ0v) is 17.3. The Bertz CT molecular complexity index is 1040. The van der Waals surface area contributed by atoms with Crippen molar-refractivity contribution >= 4 is 22.5 Å². The Morgan fingerprint density at radius 2 is 1.63 bits per heavy atom. The summed E-state index contributed by atoms with van der Waals surface area (Å²) in [7, 11) is 0. The van der Waals surface area contributed by atoms with Gasteiger partial charge in [-0.15, -0.1) is 0 Å². The summed E-state index contributed by atoms with van der Waals surface area (Å²) in [6.45, 7) is 5.27. The number of benzene rings is 2. The van der Waals surface area contributed by atoms with E-state index in [4.69, 9.17) is 4.98 Å². The Balaban J connectivity index is 1.22. The topological polar surface area (TPSA) is 48.5 Å². The summed E-state index contributed by atoms with van der Waals surface area (Å²) in [6, 6.07) is 18.7. The van der Waals surface area contributed by atoms with Crippen molar-refractivity contribution in [1.29, 1.82) is 0 Å². The van der Waals surface area contributed by atoms with E-state index in [1.165, 1.54) is 11.1 Å². The number of aromatic nitrogens is 1. The molecule has 1 aliphatic carbocycles. The van der Waals surface area contributed by atoms with Crippen LogP contribution in [0.2, 0.25) is 0 Å². The number of hydrogen-bond acceptors (Lipinski definition) is 4. The number of rotatable bonds is 5. The summed E-state index contributed by atoms with van der Waals surface area (Å²) in [5.41, 5.74) is 5.69. The standard InChI is InChI=1S/C25H28N4O/c30-24(18-29-15-13-28(14-16-29)17-19-7-2-1-3-8-19)27-25-20-9-4-5-11-22(20)26-23-12-6-10-21(23)25/h1-5,7-9,11H,6,10,12-18H2,(H,26,27,30). The van der Waals surface area contributed by atoms with Gasteiger partial charge in [-0.1, -0.05) is 48.5 Å². The van der Waals surface area contributed by atoms with Gasteiger partial charge in [0.1, 0.15) is 0 Å². The van der Waals surface area contributed by atoms with E-state index in [0.29, 0.717) is 6.54 Å². The average molecular weight is 401 g/mol. The summed E-state index contributed by atoms with van der Waals surface area (Å²) in [4.78, 5) is 22.5. The van der Waals surface area contributed by atoms with Crippen LogP contribution < -0.4 is 5.32 Å². The number of carbonyl (C=O) groups is 1. The average Bonchev–Trinajstić information content (AvgIpc) is 3.24. The Kier molecular flexibility index (Phi) is 5.47. The molecule has 0 bridgehead atoms. The van der Waals surface area contributed by atoms with Crippen molar-refractivity contribution in [3.63, 3.8) is 0 Å². The highest BCUT2D eigenvalue weighted by Gasteiger charge is 2.23. The Hall–Kier alpha value is -2.76. The largest absolute Gasteiger partial charge is 0.324 e. The zero-order chi connectivity index (χ0) is 20.3. The molecule has 3 aromatic rings. The van der Waals surface area contributed by atoms with Gasteiger partial charge in [-0.2, -0.15) is 0 Å². The Morgan fingerprint density at radius 3 is 2.47 bits per heavy atom. The summed E-state index contributed by atoms with van der Waals surface area (Å²) in [6.07, 6.45) is 3.12. The molecule has 5 rings (SSSR count). The van der Waals surface area contributed by atoms with Crippen molar-refractivity contribution in [3.05, 3.63) is 71.4 Å². The Labute approximate surface area is 177 Å². The molecule has 1 N–H and O–H groups in total. The second-order valence-electron chi connectivity index (χ2n) is 8.37. The molecule has 5 nitrogen and oxygen atoms in total. The second-order valence-corrected chi connectivity index (χ2v) is 8.37. The maximum Gasteiger partial charge on any atom is 0.238 e. The van der Waals surface area contributed by atoms with Crippen LogP contribution in [0, 0.1) is 0 Å². The molecule has 0 saturated carbocycles. The van der Waals surface area contributed by atoms with E-state index in [0.717, 1.165) is 74.3 Å². The van der Waals surface area contributed by atoms with Crippen LogP contribution in [0.15, 0.2) is 54.6 Å². The van der Waals surface area contributed by atoms with Crippen molar-refractivity contribution in [3.8, 4) is 0 Å². The van der Waals surface area contributed by atoms with Crippen molar-refractivity contribution in [2.24, 2.45) is 0 Å². The van der Waals surface area contributed by atoms with Gasteiger partial charge in [0.2, 0.25) is 5.91 Å². The third-order valence-corrected chi connectivity index (χ3v) is 6.26. The van der Waals surface area contributed by atoms with Gasteiger partial charge in [0.15, 0.2) is 0 Å². The van der Waals surface area contributed by atoms with Gasteiger partial charge in [0.05, 0.1) is 17.7 Å². The van der Waals surface area contributed by atoms with Crippen LogP contribution in [0.5, 0.6) is 0 Å². The summed E-state index contributed by atoms with van der Waals surface area (Å²) < 4.78 is 0. The van der Waals surface area contributed by atoms with Gasteiger partial charge in [-0.05, 0) is 36.5 Å². The first kappa shape index (κ1) is 19.2. The smallest absolute Gasteiger partial charge is 0.238 e. The lowest BCUT2D eigenvalue weighted by atomic mass is 10.1. The van der Waals surface area contributed by atoms with Crippen LogP contribution in [-0.4, -0.2) is 53.4 Å². The van der Waals surface area contributed by atoms with Gasteiger partial charge in [-0.25, -0.2) is 0 Å². The molecule has 2 aromatic carbocycles. The number of piperazine rings is 1. The molecule has 30 heavy (non-hydrogen) atoms. The second kappa shape index (κ2) is 8.54. The van der Waals surface area contributed by atoms with Crippen LogP contribution in [0.1, 0.15) is 23.2 Å². The molecule has 154 valence electrons. The number of hydrogen-bond donors (Lipinski definition) is 1. The fourth-order valence-corrected chi connectivity index (χ4v) is 4.68. The van der Waals surface area contributed by atoms with Gasteiger partial charge >= 0.3 is 0 Å². The van der Waals surface area contributed by atoms with Gasteiger partial charge in [-0.3, -0.25) is 19.6 Å². The molecule has 0 unspecified atom stereocenters. The van der Waals surface area contributed by atoms with E-state index in [2.05, 4.69) is 51.5 Å². The molecule has 0 atom stereocenters. The van der Waals surface area contributed by atoms with Crippen LogP contribution >= 0.6 is 0 Å². The van der Waals surface area contributed by atoms with E-state index in [9.17, 15) is 4.79 Å². The quantitative estimate of drug-likeness (QED) is 0.712. The fourth-order valence-electron chi connectivity index (χ4n) is 4.68. The highest BCUT2D eigenvalue weighted by molar-refractivity contribution is 6.03. The van der Waals surface area contributed by atoms with E-state index in [-0.39, 0.29) is 5.91 Å². The molecule has 1 amide bonds. The van der Waals surface area contributed by atoms with E-state index in [1.54, 1.807) is 0 Å². The predicted octanol–water partition coefficient (Wildman–Crippen LogP) is 3.48. The zero-order valence-electron chi connectivity index (χ0n) is 17.3. The van der Waals surface area contributed by atoms with Crippen LogP contribution in [0.3, 0.4) is 0 Å². The van der Waals surface area contributed by atoms with Crippen LogP contribution in [0.4, 0.5) is 5.69 Å². The van der Waals surface area contributed by atoms with Crippen molar-refractivity contribution in [2.45, 2.75) is 25.8 Å². The number of aryl methyl sites for hydroxylation is 1. The third-order valence-electron chi connectivity index (χ3n) is 6.26. The lowest BCUT2D eigenvalue weighted by Gasteiger charge is -2.34. The van der Waals surface area contributed by atoms with Crippen molar-refractivity contribution in [2.75, 3.05) is 38.0 Å². The first-order valence-corrected chi connectivity index (χ1v) is 11.0. The summed E-state index contributed by atoms with van der Waals surface area (Å²) >= 11 is 0. The summed E-state index contributed by atoms with van der Waals surface area (Å²) in [5, 5.41) is 4.30. The number of nitrogens with zero attached hydrogens (tertiary/aromatic N) is 3. The number of carbonyl (C=O) groups excluding carboxylic acids is 1. The summed E-state index contributed by atoms with van der Waals surface area (Å²) in [5.74, 6) is 0.0805. The third kappa shape index (κ3) is 4.09. The molecule has 5 heteroatoms. The van der Waals surface area contributed by atoms with Gasteiger partial charge in [0.25, 0.3) is 0 Å². The first-order chi connectivity index (χ1) is 14.8. The molecular formula is C25H28N4O. The van der Waals surface area contributed by atoms with E-state index >= 15 is 0 Å². The molecular weight excluding hydrogens is 372 g/mol. The fraction of sp³-hybridized carbons (Fsp3) is 0.360. The molecule has 1 saturated heterocycles. The van der Waals surface area contributed by atoms with Gasteiger partial charge < -0.3 is 5.32 Å². The molecule has 0 radical (unpaired) electrons. The maximum atomic E-state index is 12.9. The molecule has 2 aliphatic rings. The van der Waals surface area contributed by atoms with Crippen LogP contribution in [-0.2, 0) is 24.2 Å². The lowest BCUT2D eigenvalue weighted by molar-refractivity contribution is -0.117. The highest BCUT2D eigenvalue weighted by Crippen LogP contribution is 2.33. The molecule has 2 heterocycles. The number of fused-ring (bicyclic) bond motifs is 2. The number of anilines is 1. The number of amides is 1. The first-order valence-electron chi connectivity index (χ1n) is 11.0. The number of nitrogens with one attached hydrogen (secondary N) is 1. The maximum absolute atomic E-state index is 12.9. The van der Waals surface area contributed by atoms with E-state index < -0.39 is 0 Å².